The highest BCUT2D eigenvalue weighted by molar-refractivity contribution is 7.09. The number of hydrogen-bond acceptors (Lipinski definition) is 5. The Balaban J connectivity index is 1.52. The van der Waals surface area contributed by atoms with Gasteiger partial charge < -0.3 is 10.1 Å². The minimum atomic E-state index is -0.202. The Kier molecular flexibility index (Phi) is 5.53. The van der Waals surface area contributed by atoms with Gasteiger partial charge in [0.05, 0.1) is 22.6 Å². The maximum atomic E-state index is 11.9. The van der Waals surface area contributed by atoms with E-state index in [1.165, 1.54) is 6.08 Å². The molecule has 2 aromatic heterocycles. The smallest absolute Gasteiger partial charge is 0.248 e. The number of pyridine rings is 1. The molecular weight excluding hydrogens is 334 g/mol. The van der Waals surface area contributed by atoms with Crippen LogP contribution in [0, 0.1) is 6.92 Å². The maximum Gasteiger partial charge on any atom is 0.248 e. The first-order valence-electron chi connectivity index (χ1n) is 7.72. The Morgan fingerprint density at radius 3 is 2.80 bits per heavy atom. The zero-order chi connectivity index (χ0) is 17.5. The molecule has 1 N–H and O–H groups in total. The van der Waals surface area contributed by atoms with E-state index in [0.717, 1.165) is 22.0 Å². The Morgan fingerprint density at radius 2 is 2.12 bits per heavy atom. The molecule has 5 nitrogen and oxygen atoms in total. The molecule has 25 heavy (non-hydrogen) atoms. The molecule has 126 valence electrons. The van der Waals surface area contributed by atoms with E-state index in [1.807, 2.05) is 36.6 Å². The number of anilines is 1. The van der Waals surface area contributed by atoms with Crippen LogP contribution >= 0.6 is 11.3 Å². The number of nitrogens with zero attached hydrogens (tertiary/aromatic N) is 2. The van der Waals surface area contributed by atoms with Gasteiger partial charge in [-0.15, -0.1) is 11.3 Å². The second kappa shape index (κ2) is 8.21. The van der Waals surface area contributed by atoms with E-state index in [1.54, 1.807) is 41.9 Å². The topological polar surface area (TPSA) is 64.1 Å². The van der Waals surface area contributed by atoms with Crippen LogP contribution in [0.1, 0.15) is 16.3 Å². The second-order valence-electron chi connectivity index (χ2n) is 5.28. The van der Waals surface area contributed by atoms with Crippen molar-refractivity contribution in [2.75, 3.05) is 5.32 Å². The third-order valence-electron chi connectivity index (χ3n) is 3.29. The molecule has 0 atom stereocenters. The van der Waals surface area contributed by atoms with Gasteiger partial charge in [0.1, 0.15) is 12.4 Å². The monoisotopic (exact) mass is 351 g/mol. The van der Waals surface area contributed by atoms with Gasteiger partial charge in [0.2, 0.25) is 5.91 Å². The standard InChI is InChI=1S/C19H17N3O2S/c1-14-21-17(13-25-14)12-24-18-7-4-15(5-8-18)6-9-19(23)22-16-3-2-10-20-11-16/h2-11,13H,12H2,1H3,(H,22,23)/b9-6+. The summed E-state index contributed by atoms with van der Waals surface area (Å²) >= 11 is 1.61. The number of thiazole rings is 1. The van der Waals surface area contributed by atoms with Gasteiger partial charge in [-0.2, -0.15) is 0 Å². The van der Waals surface area contributed by atoms with Crippen molar-refractivity contribution in [3.8, 4) is 5.75 Å². The van der Waals surface area contributed by atoms with E-state index in [2.05, 4.69) is 15.3 Å². The molecule has 0 spiro atoms. The van der Waals surface area contributed by atoms with Crippen molar-refractivity contribution >= 4 is 29.0 Å². The maximum absolute atomic E-state index is 11.9. The molecule has 0 bridgehead atoms. The summed E-state index contributed by atoms with van der Waals surface area (Å²) in [7, 11) is 0. The minimum Gasteiger partial charge on any atom is -0.487 e. The average Bonchev–Trinajstić information content (AvgIpc) is 3.05. The molecule has 0 aliphatic rings. The highest BCUT2D eigenvalue weighted by Gasteiger charge is 2.00. The Labute approximate surface area is 150 Å². The second-order valence-corrected chi connectivity index (χ2v) is 6.34. The van der Waals surface area contributed by atoms with Gasteiger partial charge in [0, 0.05) is 17.7 Å². The van der Waals surface area contributed by atoms with Crippen LogP contribution in [-0.2, 0) is 11.4 Å². The Morgan fingerprint density at radius 1 is 1.28 bits per heavy atom. The van der Waals surface area contributed by atoms with Crippen molar-refractivity contribution in [3.05, 3.63) is 76.5 Å². The summed E-state index contributed by atoms with van der Waals surface area (Å²) in [5.74, 6) is 0.565. The van der Waals surface area contributed by atoms with Crippen LogP contribution in [0.3, 0.4) is 0 Å². The largest absolute Gasteiger partial charge is 0.487 e. The molecule has 0 saturated carbocycles. The number of amides is 1. The normalized spacial score (nSPS) is 10.8. The molecule has 1 amide bonds. The van der Waals surface area contributed by atoms with Gasteiger partial charge in [0.25, 0.3) is 0 Å². The van der Waals surface area contributed by atoms with E-state index in [-0.39, 0.29) is 5.91 Å². The van der Waals surface area contributed by atoms with Gasteiger partial charge in [-0.3, -0.25) is 9.78 Å². The lowest BCUT2D eigenvalue weighted by Crippen LogP contribution is -2.07. The number of carbonyl (C=O) groups is 1. The van der Waals surface area contributed by atoms with Gasteiger partial charge in [-0.05, 0) is 42.8 Å². The van der Waals surface area contributed by atoms with Gasteiger partial charge in [0.15, 0.2) is 0 Å². The number of ether oxygens (including phenoxy) is 1. The number of nitrogens with one attached hydrogen (secondary N) is 1. The molecule has 0 aliphatic carbocycles. The first-order chi connectivity index (χ1) is 12.2. The molecule has 0 fully saturated rings. The number of carbonyl (C=O) groups excluding carboxylic acids is 1. The van der Waals surface area contributed by atoms with Crippen LogP contribution < -0.4 is 10.1 Å². The fraction of sp³-hybridized carbons (Fsp3) is 0.105. The van der Waals surface area contributed by atoms with E-state index in [0.29, 0.717) is 12.3 Å². The predicted molar refractivity (Wildman–Crippen MR) is 99.5 cm³/mol. The van der Waals surface area contributed by atoms with Crippen molar-refractivity contribution in [2.45, 2.75) is 13.5 Å². The summed E-state index contributed by atoms with van der Waals surface area (Å²) in [5.41, 5.74) is 2.51. The summed E-state index contributed by atoms with van der Waals surface area (Å²) < 4.78 is 5.70. The molecule has 0 radical (unpaired) electrons. The van der Waals surface area contributed by atoms with Crippen LogP contribution in [-0.4, -0.2) is 15.9 Å². The lowest BCUT2D eigenvalue weighted by atomic mass is 10.2. The number of aromatic nitrogens is 2. The molecule has 0 unspecified atom stereocenters. The molecular formula is C19H17N3O2S. The molecule has 0 saturated heterocycles. The molecule has 1 aromatic carbocycles. The molecule has 3 rings (SSSR count). The zero-order valence-corrected chi connectivity index (χ0v) is 14.5. The third-order valence-corrected chi connectivity index (χ3v) is 4.11. The van der Waals surface area contributed by atoms with Crippen LogP contribution in [0.4, 0.5) is 5.69 Å². The SMILES string of the molecule is Cc1nc(COc2ccc(/C=C/C(=O)Nc3cccnc3)cc2)cs1. The van der Waals surface area contributed by atoms with Crippen molar-refractivity contribution in [1.82, 2.24) is 9.97 Å². The quantitative estimate of drug-likeness (QED) is 0.680. The summed E-state index contributed by atoms with van der Waals surface area (Å²) in [4.78, 5) is 20.2. The Hall–Kier alpha value is -2.99. The lowest BCUT2D eigenvalue weighted by molar-refractivity contribution is -0.111. The number of aryl methyl sites for hydroxylation is 1. The number of rotatable bonds is 6. The summed E-state index contributed by atoms with van der Waals surface area (Å²) in [5, 5.41) is 5.77. The first kappa shape index (κ1) is 16.9. The van der Waals surface area contributed by atoms with Crippen molar-refractivity contribution < 1.29 is 9.53 Å². The van der Waals surface area contributed by atoms with E-state index in [4.69, 9.17) is 4.74 Å². The average molecular weight is 351 g/mol. The highest BCUT2D eigenvalue weighted by atomic mass is 32.1. The highest BCUT2D eigenvalue weighted by Crippen LogP contribution is 2.16. The van der Waals surface area contributed by atoms with Gasteiger partial charge in [-0.1, -0.05) is 12.1 Å². The summed E-state index contributed by atoms with van der Waals surface area (Å²) in [6.07, 6.45) is 6.49. The van der Waals surface area contributed by atoms with Crippen LogP contribution in [0.25, 0.3) is 6.08 Å². The zero-order valence-electron chi connectivity index (χ0n) is 13.7. The third kappa shape index (κ3) is 5.26. The molecule has 3 aromatic rings. The van der Waals surface area contributed by atoms with Crippen LogP contribution in [0.5, 0.6) is 5.75 Å². The molecule has 2 heterocycles. The Bertz CT molecular complexity index is 858. The van der Waals surface area contributed by atoms with E-state index in [9.17, 15) is 4.79 Å². The molecule has 6 heteroatoms. The van der Waals surface area contributed by atoms with E-state index < -0.39 is 0 Å². The summed E-state index contributed by atoms with van der Waals surface area (Å²) in [6, 6.07) is 11.1. The van der Waals surface area contributed by atoms with Crippen molar-refractivity contribution in [1.29, 1.82) is 0 Å². The predicted octanol–water partition coefficient (Wildman–Crippen LogP) is 4.08. The van der Waals surface area contributed by atoms with Crippen LogP contribution in [0.2, 0.25) is 0 Å². The van der Waals surface area contributed by atoms with Gasteiger partial charge >= 0.3 is 0 Å². The van der Waals surface area contributed by atoms with Crippen LogP contribution in [0.15, 0.2) is 60.2 Å². The summed E-state index contributed by atoms with van der Waals surface area (Å²) in [6.45, 7) is 2.42. The fourth-order valence-corrected chi connectivity index (χ4v) is 2.70. The van der Waals surface area contributed by atoms with Crippen molar-refractivity contribution in [3.63, 3.8) is 0 Å². The number of hydrogen-bond donors (Lipinski definition) is 1. The van der Waals surface area contributed by atoms with Crippen molar-refractivity contribution in [2.24, 2.45) is 0 Å². The first-order valence-corrected chi connectivity index (χ1v) is 8.60. The lowest BCUT2D eigenvalue weighted by Gasteiger charge is -2.04. The minimum absolute atomic E-state index is 0.202. The van der Waals surface area contributed by atoms with Gasteiger partial charge in [-0.25, -0.2) is 4.98 Å². The fourth-order valence-electron chi connectivity index (χ4n) is 2.10. The van der Waals surface area contributed by atoms with E-state index >= 15 is 0 Å². The molecule has 0 aliphatic heterocycles. The number of benzene rings is 1.